The van der Waals surface area contributed by atoms with Gasteiger partial charge in [0.25, 0.3) is 0 Å². The molecule has 1 amide bonds. The van der Waals surface area contributed by atoms with Crippen molar-refractivity contribution in [3.05, 3.63) is 80.5 Å². The van der Waals surface area contributed by atoms with E-state index in [-0.39, 0.29) is 18.1 Å². The molecule has 2 atom stereocenters. The number of hydrogen-bond acceptors (Lipinski definition) is 6. The summed E-state index contributed by atoms with van der Waals surface area (Å²) in [5.41, 5.74) is 1.98. The number of benzene rings is 2. The molecule has 34 heavy (non-hydrogen) atoms. The SMILES string of the molecule is O=C1C[C@](c2ccc(N3CCOCC3)cc2)(c2ccsc2)NC(=O)C1Sc1cc(Cl)ccc1Cl. The second-order valence-corrected chi connectivity index (χ2v) is 11.0. The van der Waals surface area contributed by atoms with Crippen molar-refractivity contribution >= 4 is 63.7 Å². The Balaban J connectivity index is 1.45. The van der Waals surface area contributed by atoms with Crippen LogP contribution in [0.4, 0.5) is 5.69 Å². The number of morpholine rings is 1. The minimum Gasteiger partial charge on any atom is -0.378 e. The van der Waals surface area contributed by atoms with Crippen LogP contribution in [0.15, 0.2) is 64.2 Å². The first kappa shape index (κ1) is 23.7. The van der Waals surface area contributed by atoms with Gasteiger partial charge in [0, 0.05) is 35.1 Å². The minimum atomic E-state index is -0.910. The lowest BCUT2D eigenvalue weighted by molar-refractivity contribution is -0.132. The number of carbonyl (C=O) groups is 2. The highest BCUT2D eigenvalue weighted by atomic mass is 35.5. The summed E-state index contributed by atoms with van der Waals surface area (Å²) in [6, 6.07) is 15.1. The van der Waals surface area contributed by atoms with Crippen LogP contribution in [0, 0.1) is 0 Å². The lowest BCUT2D eigenvalue weighted by Gasteiger charge is -2.40. The summed E-state index contributed by atoms with van der Waals surface area (Å²) in [5.74, 6) is -0.478. The number of Topliss-reactive ketones (excluding diaryl/α,β-unsaturated/α-hetero) is 1. The van der Waals surface area contributed by atoms with E-state index in [1.807, 2.05) is 29.0 Å². The van der Waals surface area contributed by atoms with Crippen LogP contribution in [0.5, 0.6) is 0 Å². The predicted octanol–water partition coefficient (Wildman–Crippen LogP) is 5.39. The van der Waals surface area contributed by atoms with Gasteiger partial charge in [0.1, 0.15) is 5.25 Å². The number of halogens is 2. The molecule has 3 heterocycles. The topological polar surface area (TPSA) is 58.6 Å². The molecular formula is C25H22Cl2N2O3S2. The second-order valence-electron chi connectivity index (χ2n) is 8.27. The van der Waals surface area contributed by atoms with E-state index < -0.39 is 10.8 Å². The lowest BCUT2D eigenvalue weighted by atomic mass is 9.77. The number of nitrogens with zero attached hydrogens (tertiary/aromatic N) is 1. The summed E-state index contributed by atoms with van der Waals surface area (Å²) in [5, 5.41) is 7.22. The number of piperidine rings is 1. The van der Waals surface area contributed by atoms with Crippen LogP contribution in [0.3, 0.4) is 0 Å². The molecule has 2 aliphatic rings. The van der Waals surface area contributed by atoms with Crippen molar-refractivity contribution in [1.29, 1.82) is 0 Å². The smallest absolute Gasteiger partial charge is 0.242 e. The van der Waals surface area contributed by atoms with Gasteiger partial charge in [-0.25, -0.2) is 0 Å². The predicted molar refractivity (Wildman–Crippen MR) is 138 cm³/mol. The molecule has 0 saturated carbocycles. The molecule has 3 aromatic rings. The molecular weight excluding hydrogens is 511 g/mol. The Hall–Kier alpha value is -2.03. The molecule has 5 rings (SSSR count). The highest BCUT2D eigenvalue weighted by Gasteiger charge is 2.47. The van der Waals surface area contributed by atoms with E-state index in [1.54, 1.807) is 18.2 Å². The zero-order valence-corrected chi connectivity index (χ0v) is 21.3. The maximum atomic E-state index is 13.4. The van der Waals surface area contributed by atoms with Crippen molar-refractivity contribution in [2.24, 2.45) is 0 Å². The van der Waals surface area contributed by atoms with Crippen LogP contribution in [-0.4, -0.2) is 43.2 Å². The van der Waals surface area contributed by atoms with E-state index in [1.165, 1.54) is 11.3 Å². The van der Waals surface area contributed by atoms with E-state index in [0.717, 1.165) is 41.7 Å². The fraction of sp³-hybridized carbons (Fsp3) is 0.280. The number of rotatable bonds is 5. The van der Waals surface area contributed by atoms with Gasteiger partial charge in [-0.15, -0.1) is 11.8 Å². The largest absolute Gasteiger partial charge is 0.378 e. The molecule has 2 saturated heterocycles. The van der Waals surface area contributed by atoms with Gasteiger partial charge in [-0.3, -0.25) is 9.59 Å². The third-order valence-corrected chi connectivity index (χ3v) is 8.86. The number of thioether (sulfide) groups is 1. The molecule has 0 bridgehead atoms. The Morgan fingerprint density at radius 1 is 1.03 bits per heavy atom. The summed E-state index contributed by atoms with van der Waals surface area (Å²) >= 11 is 15.1. The van der Waals surface area contributed by atoms with Crippen LogP contribution >= 0.6 is 46.3 Å². The van der Waals surface area contributed by atoms with Crippen LogP contribution in [0.1, 0.15) is 17.5 Å². The molecule has 176 valence electrons. The highest BCUT2D eigenvalue weighted by Crippen LogP contribution is 2.42. The average molecular weight is 534 g/mol. The second kappa shape index (κ2) is 9.91. The maximum absolute atomic E-state index is 13.4. The van der Waals surface area contributed by atoms with Crippen molar-refractivity contribution in [1.82, 2.24) is 5.32 Å². The summed E-state index contributed by atoms with van der Waals surface area (Å²) in [7, 11) is 0. The van der Waals surface area contributed by atoms with Crippen molar-refractivity contribution in [3.63, 3.8) is 0 Å². The molecule has 0 aliphatic carbocycles. The van der Waals surface area contributed by atoms with Crippen LogP contribution < -0.4 is 10.2 Å². The number of ketones is 1. The molecule has 2 aromatic carbocycles. The Kier molecular flexibility index (Phi) is 6.91. The lowest BCUT2D eigenvalue weighted by Crippen LogP contribution is -2.57. The van der Waals surface area contributed by atoms with E-state index in [2.05, 4.69) is 22.3 Å². The van der Waals surface area contributed by atoms with Gasteiger partial charge in [-0.05, 0) is 58.3 Å². The van der Waals surface area contributed by atoms with Crippen LogP contribution in [-0.2, 0) is 19.9 Å². The van der Waals surface area contributed by atoms with E-state index in [9.17, 15) is 9.59 Å². The fourth-order valence-electron chi connectivity index (χ4n) is 4.43. The van der Waals surface area contributed by atoms with Gasteiger partial charge >= 0.3 is 0 Å². The van der Waals surface area contributed by atoms with Crippen molar-refractivity contribution in [2.75, 3.05) is 31.2 Å². The zero-order chi connectivity index (χ0) is 23.7. The zero-order valence-electron chi connectivity index (χ0n) is 18.1. The number of amides is 1. The molecule has 1 N–H and O–H groups in total. The molecule has 9 heteroatoms. The van der Waals surface area contributed by atoms with Crippen molar-refractivity contribution in [3.8, 4) is 0 Å². The minimum absolute atomic E-state index is 0.145. The summed E-state index contributed by atoms with van der Waals surface area (Å²) in [6.07, 6.45) is 0.155. The molecule has 1 unspecified atom stereocenters. The number of anilines is 1. The first-order valence-corrected chi connectivity index (χ1v) is 13.5. The van der Waals surface area contributed by atoms with Gasteiger partial charge in [0.2, 0.25) is 5.91 Å². The van der Waals surface area contributed by atoms with Gasteiger partial charge < -0.3 is 15.0 Å². The third kappa shape index (κ3) is 4.60. The highest BCUT2D eigenvalue weighted by molar-refractivity contribution is 8.01. The fourth-order valence-corrected chi connectivity index (χ4v) is 6.66. The van der Waals surface area contributed by atoms with Gasteiger partial charge in [0.15, 0.2) is 5.78 Å². The number of thiophene rings is 1. The number of ether oxygens (including phenoxy) is 1. The summed E-state index contributed by atoms with van der Waals surface area (Å²) in [4.78, 5) is 29.7. The van der Waals surface area contributed by atoms with Crippen LogP contribution in [0.2, 0.25) is 10.0 Å². The molecule has 1 aromatic heterocycles. The molecule has 0 spiro atoms. The Morgan fingerprint density at radius 2 is 1.79 bits per heavy atom. The normalized spacial score (nSPS) is 23.1. The molecule has 0 radical (unpaired) electrons. The van der Waals surface area contributed by atoms with Gasteiger partial charge in [0.05, 0.1) is 23.8 Å². The molecule has 5 nitrogen and oxygen atoms in total. The van der Waals surface area contributed by atoms with E-state index in [0.29, 0.717) is 28.2 Å². The van der Waals surface area contributed by atoms with Crippen molar-refractivity contribution in [2.45, 2.75) is 22.1 Å². The summed E-state index contributed by atoms with van der Waals surface area (Å²) in [6.45, 7) is 3.10. The molecule has 2 fully saturated rings. The third-order valence-electron chi connectivity index (χ3n) is 6.19. The number of hydrogen-bond donors (Lipinski definition) is 1. The first-order chi connectivity index (χ1) is 16.5. The Bertz CT molecular complexity index is 1180. The monoisotopic (exact) mass is 532 g/mol. The molecule has 2 aliphatic heterocycles. The Morgan fingerprint density at radius 3 is 2.47 bits per heavy atom. The standard InChI is InChI=1S/C25H22Cl2N2O3S2/c26-18-3-6-20(27)22(13-18)34-23-21(30)14-25(28-24(23)31,17-7-12-33-15-17)16-1-4-19(5-2-16)29-8-10-32-11-9-29/h1-7,12-13,15,23H,8-11,14H2,(H,28,31)/t23?,25-/m0/s1. The van der Waals surface area contributed by atoms with Crippen LogP contribution in [0.25, 0.3) is 0 Å². The van der Waals surface area contributed by atoms with Gasteiger partial charge in [-0.1, -0.05) is 35.3 Å². The van der Waals surface area contributed by atoms with E-state index in [4.69, 9.17) is 27.9 Å². The number of nitrogens with one attached hydrogen (secondary N) is 1. The summed E-state index contributed by atoms with van der Waals surface area (Å²) < 4.78 is 5.45. The van der Waals surface area contributed by atoms with Crippen molar-refractivity contribution < 1.29 is 14.3 Å². The first-order valence-electron chi connectivity index (χ1n) is 10.9. The average Bonchev–Trinajstić information content (AvgIpc) is 3.40. The Labute approximate surface area is 216 Å². The quantitative estimate of drug-likeness (QED) is 0.446. The maximum Gasteiger partial charge on any atom is 0.242 e. The number of carbonyl (C=O) groups excluding carboxylic acids is 2. The van der Waals surface area contributed by atoms with E-state index >= 15 is 0 Å². The van der Waals surface area contributed by atoms with Gasteiger partial charge in [-0.2, -0.15) is 11.3 Å².